The lowest BCUT2D eigenvalue weighted by molar-refractivity contribution is 0.111. The summed E-state index contributed by atoms with van der Waals surface area (Å²) in [6.45, 7) is 4.75. The lowest BCUT2D eigenvalue weighted by Gasteiger charge is -2.15. The molecule has 3 heteroatoms. The maximum atomic E-state index is 10.7. The van der Waals surface area contributed by atoms with Crippen LogP contribution in [0.2, 0.25) is 0 Å². The molecule has 1 unspecified atom stereocenters. The highest BCUT2D eigenvalue weighted by Gasteiger charge is 2.05. The molecule has 0 heterocycles. The van der Waals surface area contributed by atoms with Crippen molar-refractivity contribution in [1.82, 2.24) is 5.32 Å². The number of aldehydes is 1. The van der Waals surface area contributed by atoms with Gasteiger partial charge in [-0.05, 0) is 25.6 Å². The standard InChI is InChI=1S/C11H15NO2/c1-3-12-9(2)14-11-7-5-4-6-10(11)8-13/h4-9,12H,3H2,1-2H3. The van der Waals surface area contributed by atoms with Gasteiger partial charge in [-0.2, -0.15) is 0 Å². The number of carbonyl (C=O) groups excluding carboxylic acids is 1. The van der Waals surface area contributed by atoms with Gasteiger partial charge in [0.2, 0.25) is 0 Å². The third-order valence-corrected chi connectivity index (χ3v) is 1.84. The number of rotatable bonds is 5. The van der Waals surface area contributed by atoms with Gasteiger partial charge in [-0.1, -0.05) is 19.1 Å². The number of para-hydroxylation sites is 1. The van der Waals surface area contributed by atoms with E-state index in [1.54, 1.807) is 12.1 Å². The van der Waals surface area contributed by atoms with E-state index in [1.807, 2.05) is 26.0 Å². The van der Waals surface area contributed by atoms with Crippen molar-refractivity contribution in [3.05, 3.63) is 29.8 Å². The van der Waals surface area contributed by atoms with E-state index < -0.39 is 0 Å². The van der Waals surface area contributed by atoms with Gasteiger partial charge in [0, 0.05) is 0 Å². The Morgan fingerprint density at radius 2 is 2.21 bits per heavy atom. The first-order chi connectivity index (χ1) is 6.77. The van der Waals surface area contributed by atoms with Crippen molar-refractivity contribution in [3.63, 3.8) is 0 Å². The van der Waals surface area contributed by atoms with E-state index in [1.165, 1.54) is 0 Å². The van der Waals surface area contributed by atoms with Gasteiger partial charge in [0.05, 0.1) is 5.56 Å². The second-order valence-electron chi connectivity index (χ2n) is 2.97. The molecule has 0 radical (unpaired) electrons. The molecule has 0 saturated heterocycles. The predicted molar refractivity (Wildman–Crippen MR) is 55.6 cm³/mol. The third kappa shape index (κ3) is 2.85. The van der Waals surface area contributed by atoms with Gasteiger partial charge in [-0.25, -0.2) is 0 Å². The van der Waals surface area contributed by atoms with E-state index in [0.29, 0.717) is 11.3 Å². The van der Waals surface area contributed by atoms with Crippen LogP contribution >= 0.6 is 0 Å². The zero-order chi connectivity index (χ0) is 10.4. The van der Waals surface area contributed by atoms with Crippen molar-refractivity contribution in [2.24, 2.45) is 0 Å². The van der Waals surface area contributed by atoms with Crippen molar-refractivity contribution in [3.8, 4) is 5.75 Å². The normalized spacial score (nSPS) is 12.1. The van der Waals surface area contributed by atoms with Gasteiger partial charge >= 0.3 is 0 Å². The zero-order valence-corrected chi connectivity index (χ0v) is 8.49. The molecule has 3 nitrogen and oxygen atoms in total. The van der Waals surface area contributed by atoms with Crippen molar-refractivity contribution in [2.45, 2.75) is 20.1 Å². The fourth-order valence-electron chi connectivity index (χ4n) is 1.20. The highest BCUT2D eigenvalue weighted by molar-refractivity contribution is 5.79. The van der Waals surface area contributed by atoms with E-state index in [-0.39, 0.29) is 6.23 Å². The molecule has 1 aromatic carbocycles. The third-order valence-electron chi connectivity index (χ3n) is 1.84. The van der Waals surface area contributed by atoms with Crippen LogP contribution in [0.3, 0.4) is 0 Å². The molecule has 0 fully saturated rings. The average Bonchev–Trinajstić information content (AvgIpc) is 2.19. The fraction of sp³-hybridized carbons (Fsp3) is 0.364. The van der Waals surface area contributed by atoms with Crippen LogP contribution < -0.4 is 10.1 Å². The highest BCUT2D eigenvalue weighted by atomic mass is 16.5. The lowest BCUT2D eigenvalue weighted by Crippen LogP contribution is -2.31. The minimum Gasteiger partial charge on any atom is -0.475 e. The fourth-order valence-corrected chi connectivity index (χ4v) is 1.20. The van der Waals surface area contributed by atoms with Crippen LogP contribution in [0.5, 0.6) is 5.75 Å². The summed E-state index contributed by atoms with van der Waals surface area (Å²) in [5.41, 5.74) is 0.581. The molecule has 1 atom stereocenters. The van der Waals surface area contributed by atoms with Crippen molar-refractivity contribution < 1.29 is 9.53 Å². The Kier molecular flexibility index (Phi) is 4.13. The number of benzene rings is 1. The first kappa shape index (κ1) is 10.7. The van der Waals surface area contributed by atoms with Crippen LogP contribution in [-0.4, -0.2) is 19.1 Å². The molecule has 76 valence electrons. The summed E-state index contributed by atoms with van der Waals surface area (Å²) in [4.78, 5) is 10.7. The van der Waals surface area contributed by atoms with Gasteiger partial charge < -0.3 is 4.74 Å². The summed E-state index contributed by atoms with van der Waals surface area (Å²) >= 11 is 0. The zero-order valence-electron chi connectivity index (χ0n) is 8.49. The monoisotopic (exact) mass is 193 g/mol. The first-order valence-electron chi connectivity index (χ1n) is 4.72. The molecule has 1 aromatic rings. The van der Waals surface area contributed by atoms with Crippen molar-refractivity contribution >= 4 is 6.29 Å². The van der Waals surface area contributed by atoms with Crippen LogP contribution in [-0.2, 0) is 0 Å². The second-order valence-corrected chi connectivity index (χ2v) is 2.97. The average molecular weight is 193 g/mol. The Hall–Kier alpha value is -1.35. The number of ether oxygens (including phenoxy) is 1. The summed E-state index contributed by atoms with van der Waals surface area (Å²) in [6.07, 6.45) is 0.717. The molecule has 0 spiro atoms. The van der Waals surface area contributed by atoms with E-state index >= 15 is 0 Å². The summed E-state index contributed by atoms with van der Waals surface area (Å²) < 4.78 is 5.53. The number of nitrogens with one attached hydrogen (secondary N) is 1. The summed E-state index contributed by atoms with van der Waals surface area (Å²) in [5.74, 6) is 0.621. The minimum atomic E-state index is -0.0823. The predicted octanol–water partition coefficient (Wildman–Crippen LogP) is 1.83. The first-order valence-corrected chi connectivity index (χ1v) is 4.72. The molecule has 1 N–H and O–H groups in total. The van der Waals surface area contributed by atoms with Crippen molar-refractivity contribution in [2.75, 3.05) is 6.54 Å². The quantitative estimate of drug-likeness (QED) is 0.572. The van der Waals surface area contributed by atoms with Gasteiger partial charge in [-0.3, -0.25) is 10.1 Å². The van der Waals surface area contributed by atoms with E-state index in [2.05, 4.69) is 5.32 Å². The topological polar surface area (TPSA) is 38.3 Å². The van der Waals surface area contributed by atoms with E-state index in [9.17, 15) is 4.79 Å². The van der Waals surface area contributed by atoms with Crippen LogP contribution in [0.25, 0.3) is 0 Å². The molecule has 0 aliphatic rings. The summed E-state index contributed by atoms with van der Waals surface area (Å²) in [5, 5.41) is 3.11. The molecule has 0 saturated carbocycles. The SMILES string of the molecule is CCNC(C)Oc1ccccc1C=O. The number of carbonyl (C=O) groups is 1. The Morgan fingerprint density at radius 1 is 1.50 bits per heavy atom. The van der Waals surface area contributed by atoms with Gasteiger partial charge in [-0.15, -0.1) is 0 Å². The molecule has 0 aromatic heterocycles. The Labute approximate surface area is 84.1 Å². The summed E-state index contributed by atoms with van der Waals surface area (Å²) in [6, 6.07) is 7.19. The van der Waals surface area contributed by atoms with E-state index in [4.69, 9.17) is 4.74 Å². The molecular weight excluding hydrogens is 178 g/mol. The maximum Gasteiger partial charge on any atom is 0.153 e. The molecule has 0 aliphatic carbocycles. The highest BCUT2D eigenvalue weighted by Crippen LogP contribution is 2.16. The van der Waals surface area contributed by atoms with Crippen LogP contribution in [0.15, 0.2) is 24.3 Å². The molecule has 1 rings (SSSR count). The van der Waals surface area contributed by atoms with Gasteiger partial charge in [0.15, 0.2) is 6.29 Å². The van der Waals surface area contributed by atoms with Crippen LogP contribution in [0.1, 0.15) is 24.2 Å². The van der Waals surface area contributed by atoms with Gasteiger partial charge in [0.25, 0.3) is 0 Å². The van der Waals surface area contributed by atoms with Crippen LogP contribution in [0.4, 0.5) is 0 Å². The minimum absolute atomic E-state index is 0.0823. The van der Waals surface area contributed by atoms with E-state index in [0.717, 1.165) is 12.8 Å². The largest absolute Gasteiger partial charge is 0.475 e. The smallest absolute Gasteiger partial charge is 0.153 e. The molecule has 0 aliphatic heterocycles. The Balaban J connectivity index is 2.70. The molecule has 0 bridgehead atoms. The molecule has 14 heavy (non-hydrogen) atoms. The lowest BCUT2D eigenvalue weighted by atomic mass is 10.2. The number of hydrogen-bond donors (Lipinski definition) is 1. The molecular formula is C11H15NO2. The van der Waals surface area contributed by atoms with Gasteiger partial charge in [0.1, 0.15) is 12.0 Å². The second kappa shape index (κ2) is 5.40. The molecule has 0 amide bonds. The van der Waals surface area contributed by atoms with Crippen LogP contribution in [0, 0.1) is 0 Å². The Bertz CT molecular complexity index is 299. The van der Waals surface area contributed by atoms with Crippen molar-refractivity contribution in [1.29, 1.82) is 0 Å². The Morgan fingerprint density at radius 3 is 2.86 bits per heavy atom. The number of hydrogen-bond acceptors (Lipinski definition) is 3. The maximum absolute atomic E-state index is 10.7. The summed E-state index contributed by atoms with van der Waals surface area (Å²) in [7, 11) is 0.